The molecule has 2 heterocycles. The summed E-state index contributed by atoms with van der Waals surface area (Å²) in [5.74, 6) is 0. The summed E-state index contributed by atoms with van der Waals surface area (Å²) in [6.07, 6.45) is 0. The van der Waals surface area contributed by atoms with Crippen LogP contribution in [0.2, 0.25) is 0 Å². The zero-order valence-corrected chi connectivity index (χ0v) is 31.1. The number of nitrogens with zero attached hydrogens (tertiary/aromatic N) is 2. The van der Waals surface area contributed by atoms with E-state index < -0.39 is 0 Å². The lowest BCUT2D eigenvalue weighted by atomic mass is 9.98. The van der Waals surface area contributed by atoms with E-state index in [-0.39, 0.29) is 0 Å². The van der Waals surface area contributed by atoms with E-state index in [1.54, 1.807) is 0 Å². The van der Waals surface area contributed by atoms with Crippen molar-refractivity contribution < 1.29 is 4.42 Å². The normalized spacial score (nSPS) is 11.5. The molecule has 0 N–H and O–H groups in total. The lowest BCUT2D eigenvalue weighted by Crippen LogP contribution is -2.11. The van der Waals surface area contributed by atoms with Gasteiger partial charge >= 0.3 is 0 Å². The van der Waals surface area contributed by atoms with Crippen molar-refractivity contribution >= 4 is 60.8 Å². The number of hydrogen-bond donors (Lipinski definition) is 0. The van der Waals surface area contributed by atoms with Crippen LogP contribution in [0.1, 0.15) is 0 Å². The zero-order valence-electron chi connectivity index (χ0n) is 31.1. The molecule has 9 aromatic carbocycles. The predicted molar refractivity (Wildman–Crippen MR) is 239 cm³/mol. The standard InChI is InChI=1S/C54H36N2O/c1-4-16-37(17-5-1)43-22-10-12-26-48(43)55(41-32-30-39(31-33-41)45-25-15-29-52-54(45)46-23-11-13-28-51(46)57-52)42-34-35-49-47(36-42)53-44(38-18-6-2-7-19-38)24-14-27-50(53)56(49)40-20-8-3-9-21-40/h1-36H. The third-order valence-electron chi connectivity index (χ3n) is 11.2. The zero-order chi connectivity index (χ0) is 37.7. The summed E-state index contributed by atoms with van der Waals surface area (Å²) in [4.78, 5) is 2.41. The topological polar surface area (TPSA) is 21.3 Å². The Morgan fingerprint density at radius 3 is 1.68 bits per heavy atom. The number of para-hydroxylation sites is 3. The van der Waals surface area contributed by atoms with Crippen LogP contribution in [0.3, 0.4) is 0 Å². The Morgan fingerprint density at radius 2 is 0.912 bits per heavy atom. The predicted octanol–water partition coefficient (Wildman–Crippen LogP) is 15.2. The van der Waals surface area contributed by atoms with E-state index in [1.807, 2.05) is 12.1 Å². The third-order valence-corrected chi connectivity index (χ3v) is 11.2. The van der Waals surface area contributed by atoms with Gasteiger partial charge in [0.05, 0.1) is 16.7 Å². The first-order valence-corrected chi connectivity index (χ1v) is 19.4. The average Bonchev–Trinajstić information content (AvgIpc) is 3.84. The van der Waals surface area contributed by atoms with Gasteiger partial charge in [-0.05, 0) is 94.5 Å². The maximum atomic E-state index is 6.27. The van der Waals surface area contributed by atoms with Crippen LogP contribution in [0.15, 0.2) is 223 Å². The van der Waals surface area contributed by atoms with E-state index in [1.165, 1.54) is 33.0 Å². The smallest absolute Gasteiger partial charge is 0.136 e. The number of hydrogen-bond acceptors (Lipinski definition) is 2. The van der Waals surface area contributed by atoms with Gasteiger partial charge < -0.3 is 13.9 Å². The minimum atomic E-state index is 0.897. The largest absolute Gasteiger partial charge is 0.456 e. The Bertz CT molecular complexity index is 3220. The Morgan fingerprint density at radius 1 is 0.351 bits per heavy atom. The van der Waals surface area contributed by atoms with Crippen LogP contribution < -0.4 is 4.90 Å². The molecule has 3 nitrogen and oxygen atoms in total. The molecule has 0 amide bonds. The second-order valence-electron chi connectivity index (χ2n) is 14.5. The van der Waals surface area contributed by atoms with Gasteiger partial charge in [0.1, 0.15) is 11.2 Å². The Kier molecular flexibility index (Phi) is 7.82. The highest BCUT2D eigenvalue weighted by atomic mass is 16.3. The van der Waals surface area contributed by atoms with E-state index in [0.29, 0.717) is 0 Å². The van der Waals surface area contributed by atoms with Crippen molar-refractivity contribution in [1.82, 2.24) is 4.57 Å². The Balaban J connectivity index is 1.15. The summed E-state index contributed by atoms with van der Waals surface area (Å²) in [5.41, 5.74) is 15.6. The quantitative estimate of drug-likeness (QED) is 0.163. The lowest BCUT2D eigenvalue weighted by Gasteiger charge is -2.28. The second kappa shape index (κ2) is 13.6. The molecule has 0 aliphatic heterocycles. The summed E-state index contributed by atoms with van der Waals surface area (Å²) < 4.78 is 8.67. The summed E-state index contributed by atoms with van der Waals surface area (Å²) in [5, 5.41) is 4.70. The van der Waals surface area contributed by atoms with Crippen molar-refractivity contribution in [3.05, 3.63) is 218 Å². The van der Waals surface area contributed by atoms with Gasteiger partial charge in [0.25, 0.3) is 0 Å². The molecule has 11 rings (SSSR count). The molecule has 0 fully saturated rings. The molecule has 11 aromatic rings. The van der Waals surface area contributed by atoms with Crippen LogP contribution in [0, 0.1) is 0 Å². The van der Waals surface area contributed by atoms with Crippen LogP contribution >= 0.6 is 0 Å². The van der Waals surface area contributed by atoms with Crippen LogP contribution in [-0.4, -0.2) is 4.57 Å². The van der Waals surface area contributed by atoms with Crippen molar-refractivity contribution in [2.75, 3.05) is 4.90 Å². The van der Waals surface area contributed by atoms with Crippen LogP contribution in [0.4, 0.5) is 17.1 Å². The van der Waals surface area contributed by atoms with Crippen molar-refractivity contribution in [2.45, 2.75) is 0 Å². The third kappa shape index (κ3) is 5.51. The van der Waals surface area contributed by atoms with Gasteiger partial charge in [0.15, 0.2) is 0 Å². The first-order valence-electron chi connectivity index (χ1n) is 19.4. The molecule has 268 valence electrons. The summed E-state index contributed by atoms with van der Waals surface area (Å²) in [6, 6.07) is 78.1. The molecule has 57 heavy (non-hydrogen) atoms. The van der Waals surface area contributed by atoms with Gasteiger partial charge in [-0.3, -0.25) is 0 Å². The summed E-state index contributed by atoms with van der Waals surface area (Å²) in [6.45, 7) is 0. The van der Waals surface area contributed by atoms with E-state index >= 15 is 0 Å². The molecule has 0 saturated heterocycles. The fourth-order valence-electron chi connectivity index (χ4n) is 8.67. The molecule has 0 spiro atoms. The average molecular weight is 729 g/mol. The number of aromatic nitrogens is 1. The van der Waals surface area contributed by atoms with Crippen LogP contribution in [0.25, 0.3) is 82.8 Å². The number of rotatable bonds is 7. The number of anilines is 3. The van der Waals surface area contributed by atoms with Crippen molar-refractivity contribution in [3.8, 4) is 39.1 Å². The molecule has 0 radical (unpaired) electrons. The number of benzene rings is 9. The van der Waals surface area contributed by atoms with Gasteiger partial charge in [-0.1, -0.05) is 152 Å². The molecule has 3 heteroatoms. The highest BCUT2D eigenvalue weighted by molar-refractivity contribution is 6.17. The molecule has 2 aromatic heterocycles. The number of fused-ring (bicyclic) bond motifs is 6. The lowest BCUT2D eigenvalue weighted by molar-refractivity contribution is 0.669. The summed E-state index contributed by atoms with van der Waals surface area (Å²) >= 11 is 0. The molecular formula is C54H36N2O. The minimum absolute atomic E-state index is 0.897. The fourth-order valence-corrected chi connectivity index (χ4v) is 8.67. The van der Waals surface area contributed by atoms with Gasteiger partial charge in [0.2, 0.25) is 0 Å². The highest BCUT2D eigenvalue weighted by Crippen LogP contribution is 2.46. The first-order chi connectivity index (χ1) is 28.3. The van der Waals surface area contributed by atoms with Crippen LogP contribution in [0.5, 0.6) is 0 Å². The Labute approximate surface area is 330 Å². The molecular weight excluding hydrogens is 693 g/mol. The first kappa shape index (κ1) is 32.8. The highest BCUT2D eigenvalue weighted by Gasteiger charge is 2.22. The molecule has 0 atom stereocenters. The second-order valence-corrected chi connectivity index (χ2v) is 14.5. The molecule has 0 aliphatic rings. The fraction of sp³-hybridized carbons (Fsp3) is 0. The van der Waals surface area contributed by atoms with E-state index in [2.05, 4.69) is 216 Å². The van der Waals surface area contributed by atoms with Gasteiger partial charge in [-0.2, -0.15) is 0 Å². The SMILES string of the molecule is c1ccc(-c2ccccc2N(c2ccc(-c3cccc4oc5ccccc5c34)cc2)c2ccc3c(c2)c2c(-c4ccccc4)cccc2n3-c2ccccc2)cc1. The maximum Gasteiger partial charge on any atom is 0.136 e. The summed E-state index contributed by atoms with van der Waals surface area (Å²) in [7, 11) is 0. The molecule has 0 unspecified atom stereocenters. The van der Waals surface area contributed by atoms with Crippen molar-refractivity contribution in [3.63, 3.8) is 0 Å². The maximum absolute atomic E-state index is 6.27. The van der Waals surface area contributed by atoms with E-state index in [4.69, 9.17) is 4.42 Å². The Hall–Kier alpha value is -7.62. The molecule has 0 saturated carbocycles. The van der Waals surface area contributed by atoms with Crippen LogP contribution in [-0.2, 0) is 0 Å². The monoisotopic (exact) mass is 728 g/mol. The van der Waals surface area contributed by atoms with Gasteiger partial charge in [-0.25, -0.2) is 0 Å². The molecule has 0 bridgehead atoms. The number of furan rings is 1. The van der Waals surface area contributed by atoms with Crippen molar-refractivity contribution in [2.24, 2.45) is 0 Å². The van der Waals surface area contributed by atoms with Gasteiger partial charge in [0, 0.05) is 44.2 Å². The van der Waals surface area contributed by atoms with Crippen molar-refractivity contribution in [1.29, 1.82) is 0 Å². The molecule has 0 aliphatic carbocycles. The van der Waals surface area contributed by atoms with E-state index in [9.17, 15) is 0 Å². The minimum Gasteiger partial charge on any atom is -0.456 e. The van der Waals surface area contributed by atoms with Gasteiger partial charge in [-0.15, -0.1) is 0 Å². The van der Waals surface area contributed by atoms with E-state index in [0.717, 1.165) is 66.9 Å².